The molecule has 0 amide bonds. The maximum absolute atomic E-state index is 6.79. The van der Waals surface area contributed by atoms with Crippen LogP contribution in [0.3, 0.4) is 0 Å². The molecule has 176 valence electrons. The van der Waals surface area contributed by atoms with E-state index in [0.29, 0.717) is 0 Å². The van der Waals surface area contributed by atoms with Crippen LogP contribution in [-0.4, -0.2) is 16.4 Å². The van der Waals surface area contributed by atoms with Crippen molar-refractivity contribution in [2.45, 2.75) is 123 Å². The highest BCUT2D eigenvalue weighted by atomic mass is 28.4. The van der Waals surface area contributed by atoms with Gasteiger partial charge in [0.05, 0.1) is 0 Å². The van der Waals surface area contributed by atoms with Gasteiger partial charge in [-0.25, -0.2) is 0 Å². The van der Waals surface area contributed by atoms with Crippen LogP contribution in [0.2, 0.25) is 43.3 Å². The third kappa shape index (κ3) is 6.37. The topological polar surface area (TPSA) is 9.23 Å². The molecule has 0 aromatic heterocycles. The van der Waals surface area contributed by atoms with E-state index < -0.39 is 16.4 Å². The molecule has 0 heterocycles. The average molecular weight is 459 g/mol. The Labute approximate surface area is 196 Å². The normalized spacial score (nSPS) is 20.9. The third-order valence-electron chi connectivity index (χ3n) is 7.91. The van der Waals surface area contributed by atoms with Crippen molar-refractivity contribution in [1.29, 1.82) is 0 Å². The summed E-state index contributed by atoms with van der Waals surface area (Å²) in [6.07, 6.45) is 10.6. The lowest BCUT2D eigenvalue weighted by Gasteiger charge is -2.38. The number of benzene rings is 1. The molecule has 0 spiro atoms. The summed E-state index contributed by atoms with van der Waals surface area (Å²) < 4.78 is 6.79. The fourth-order valence-corrected chi connectivity index (χ4v) is 8.76. The van der Waals surface area contributed by atoms with Crippen molar-refractivity contribution in [2.75, 3.05) is 0 Å². The zero-order valence-corrected chi connectivity index (χ0v) is 24.5. The molecule has 0 N–H and O–H groups in total. The van der Waals surface area contributed by atoms with Crippen molar-refractivity contribution in [3.63, 3.8) is 0 Å². The number of hydrogen-bond acceptors (Lipinski definition) is 1. The lowest BCUT2D eigenvalue weighted by atomic mass is 9.84. The minimum absolute atomic E-state index is 0.212. The molecule has 31 heavy (non-hydrogen) atoms. The Kier molecular flexibility index (Phi) is 8.52. The average Bonchev–Trinajstić information content (AvgIpc) is 2.84. The highest BCUT2D eigenvalue weighted by molar-refractivity contribution is 6.77. The fourth-order valence-electron chi connectivity index (χ4n) is 5.00. The van der Waals surface area contributed by atoms with Gasteiger partial charge in [0, 0.05) is 8.07 Å². The van der Waals surface area contributed by atoms with E-state index in [0.717, 1.165) is 17.2 Å². The molecule has 2 unspecified atom stereocenters. The van der Waals surface area contributed by atoms with Gasteiger partial charge in [-0.1, -0.05) is 72.7 Å². The number of aryl methyl sites for hydroxylation is 2. The van der Waals surface area contributed by atoms with Gasteiger partial charge in [-0.15, -0.1) is 0 Å². The van der Waals surface area contributed by atoms with Crippen LogP contribution in [0.5, 0.6) is 5.75 Å². The summed E-state index contributed by atoms with van der Waals surface area (Å²) in [6, 6.07) is 4.87. The molecule has 1 aliphatic rings. The smallest absolute Gasteiger partial charge is 0.250 e. The second-order valence-electron chi connectivity index (χ2n) is 12.6. The van der Waals surface area contributed by atoms with Crippen molar-refractivity contribution >= 4 is 22.0 Å². The molecule has 1 aromatic carbocycles. The van der Waals surface area contributed by atoms with Gasteiger partial charge in [-0.05, 0) is 97.1 Å². The van der Waals surface area contributed by atoms with Crippen molar-refractivity contribution < 1.29 is 4.43 Å². The third-order valence-corrected chi connectivity index (χ3v) is 15.1. The molecule has 1 nitrogen and oxygen atoms in total. The van der Waals surface area contributed by atoms with E-state index in [1.807, 2.05) is 0 Å². The molecule has 1 aromatic rings. The lowest BCUT2D eigenvalue weighted by molar-refractivity contribution is 0.485. The van der Waals surface area contributed by atoms with E-state index in [9.17, 15) is 0 Å². The Balaban J connectivity index is 2.48. The molecule has 1 aliphatic carbocycles. The van der Waals surface area contributed by atoms with Crippen molar-refractivity contribution in [2.24, 2.45) is 5.92 Å². The van der Waals surface area contributed by atoms with E-state index in [4.69, 9.17) is 4.43 Å². The van der Waals surface area contributed by atoms with Gasteiger partial charge in [0.1, 0.15) is 5.75 Å². The maximum Gasteiger partial charge on any atom is 0.250 e. The molecule has 0 aliphatic heterocycles. The van der Waals surface area contributed by atoms with Gasteiger partial charge in [0.2, 0.25) is 0 Å². The zero-order chi connectivity index (χ0) is 23.6. The Bertz CT molecular complexity index is 754. The summed E-state index contributed by atoms with van der Waals surface area (Å²) in [5.41, 5.74) is 6.61. The Morgan fingerprint density at radius 2 is 1.58 bits per heavy atom. The Morgan fingerprint density at radius 1 is 1.00 bits per heavy atom. The molecule has 0 bridgehead atoms. The quantitative estimate of drug-likeness (QED) is 0.369. The molecular weight excluding hydrogens is 408 g/mol. The molecule has 2 rings (SSSR count). The summed E-state index contributed by atoms with van der Waals surface area (Å²) in [6.45, 7) is 26.3. The van der Waals surface area contributed by atoms with Crippen LogP contribution in [0, 0.1) is 19.8 Å². The van der Waals surface area contributed by atoms with E-state index in [2.05, 4.69) is 92.5 Å². The highest BCUT2D eigenvalue weighted by Crippen LogP contribution is 2.48. The SMILES string of the molecule is CCCCC1C(c2cc(C)c(O[Si](C)(C)C(C)(C)C)c(C)c2)=CCCCC1[Si](C)(C)C. The van der Waals surface area contributed by atoms with Gasteiger partial charge >= 0.3 is 0 Å². The molecule has 0 saturated heterocycles. The first-order chi connectivity index (χ1) is 14.2. The standard InChI is InChI=1S/C28H50OSi2/c1-12-13-16-25-24(17-14-15-18-26(25)30(7,8)9)23-19-21(2)27(22(3)20-23)29-31(10,11)28(4,5)6/h17,19-20,25-26H,12-16,18H2,1-11H3. The maximum atomic E-state index is 6.79. The van der Waals surface area contributed by atoms with E-state index in [1.165, 1.54) is 55.2 Å². The number of unbranched alkanes of at least 4 members (excludes halogenated alkanes) is 1. The minimum atomic E-state index is -1.85. The lowest BCUT2D eigenvalue weighted by Crippen LogP contribution is -2.44. The summed E-state index contributed by atoms with van der Waals surface area (Å²) in [5.74, 6) is 1.86. The molecule has 2 atom stereocenters. The van der Waals surface area contributed by atoms with Crippen LogP contribution < -0.4 is 4.43 Å². The Morgan fingerprint density at radius 3 is 2.06 bits per heavy atom. The Hall–Kier alpha value is -0.806. The fraction of sp³-hybridized carbons (Fsp3) is 0.714. The zero-order valence-electron chi connectivity index (χ0n) is 22.5. The first-order valence-corrected chi connectivity index (χ1v) is 19.2. The van der Waals surface area contributed by atoms with Crippen LogP contribution in [0.4, 0.5) is 0 Å². The van der Waals surface area contributed by atoms with E-state index in [-0.39, 0.29) is 5.04 Å². The minimum Gasteiger partial charge on any atom is -0.543 e. The molecule has 0 radical (unpaired) electrons. The second kappa shape index (κ2) is 9.99. The van der Waals surface area contributed by atoms with Gasteiger partial charge in [0.25, 0.3) is 8.32 Å². The van der Waals surface area contributed by atoms with Crippen LogP contribution >= 0.6 is 0 Å². The number of allylic oxidation sites excluding steroid dienone is 2. The predicted molar refractivity (Wildman–Crippen MR) is 146 cm³/mol. The van der Waals surface area contributed by atoms with Crippen molar-refractivity contribution in [1.82, 2.24) is 0 Å². The van der Waals surface area contributed by atoms with Gasteiger partial charge in [-0.3, -0.25) is 0 Å². The summed E-state index contributed by atoms with van der Waals surface area (Å²) in [4.78, 5) is 0. The van der Waals surface area contributed by atoms with Gasteiger partial charge in [-0.2, -0.15) is 0 Å². The van der Waals surface area contributed by atoms with Gasteiger partial charge in [0.15, 0.2) is 0 Å². The van der Waals surface area contributed by atoms with Crippen LogP contribution in [0.15, 0.2) is 18.2 Å². The molecule has 0 fully saturated rings. The van der Waals surface area contributed by atoms with Crippen LogP contribution in [-0.2, 0) is 0 Å². The predicted octanol–water partition coefficient (Wildman–Crippen LogP) is 9.77. The van der Waals surface area contributed by atoms with Crippen LogP contribution in [0.1, 0.15) is 82.9 Å². The molecule has 0 saturated carbocycles. The van der Waals surface area contributed by atoms with Gasteiger partial charge < -0.3 is 4.43 Å². The summed E-state index contributed by atoms with van der Waals surface area (Å²) in [5, 5.41) is 0.212. The summed E-state index contributed by atoms with van der Waals surface area (Å²) >= 11 is 0. The van der Waals surface area contributed by atoms with Crippen molar-refractivity contribution in [3.05, 3.63) is 34.9 Å². The molecule has 3 heteroatoms. The highest BCUT2D eigenvalue weighted by Gasteiger charge is 2.40. The largest absolute Gasteiger partial charge is 0.543 e. The van der Waals surface area contributed by atoms with Crippen LogP contribution in [0.25, 0.3) is 5.57 Å². The second-order valence-corrected chi connectivity index (χ2v) is 22.8. The first-order valence-electron chi connectivity index (χ1n) is 12.7. The molecular formula is C28H50OSi2. The van der Waals surface area contributed by atoms with E-state index in [1.54, 1.807) is 5.57 Å². The summed E-state index contributed by atoms with van der Waals surface area (Å²) in [7, 11) is -3.08. The number of hydrogen-bond donors (Lipinski definition) is 0. The first kappa shape index (κ1) is 26.4. The van der Waals surface area contributed by atoms with Crippen molar-refractivity contribution in [3.8, 4) is 5.75 Å². The number of rotatable bonds is 7. The monoisotopic (exact) mass is 458 g/mol. The van der Waals surface area contributed by atoms with E-state index >= 15 is 0 Å².